The first-order chi connectivity index (χ1) is 21.2. The molecular formula is C38H53ClN4O3. The molecule has 0 fully saturated rings. The SMILES string of the molecule is C[N+]1=C(/C=C/C=C2/N(CCCCCC(=O)NCCCNC(=O)OC(C)(C)C)c3ccccc3C2(C)C)C(C)(C)c2ccccc21.[Cl-]. The Morgan fingerprint density at radius 3 is 2.22 bits per heavy atom. The van der Waals surface area contributed by atoms with Gasteiger partial charge in [0.1, 0.15) is 12.6 Å². The monoisotopic (exact) mass is 648 g/mol. The molecule has 46 heavy (non-hydrogen) atoms. The second-order valence-electron chi connectivity index (χ2n) is 14.2. The Hall–Kier alpha value is -3.58. The summed E-state index contributed by atoms with van der Waals surface area (Å²) in [5.74, 6) is 0.0603. The number of unbranched alkanes of at least 4 members (excludes halogenated alkanes) is 2. The number of amides is 2. The van der Waals surface area contributed by atoms with Crippen molar-refractivity contribution in [2.24, 2.45) is 0 Å². The minimum Gasteiger partial charge on any atom is -1.00 e. The molecule has 0 bridgehead atoms. The predicted octanol–water partition coefficient (Wildman–Crippen LogP) is 4.53. The number of rotatable bonds is 12. The third-order valence-corrected chi connectivity index (χ3v) is 8.88. The first-order valence-electron chi connectivity index (χ1n) is 16.4. The van der Waals surface area contributed by atoms with Gasteiger partial charge in [0.2, 0.25) is 11.6 Å². The maximum atomic E-state index is 12.4. The fraction of sp³-hybridized carbons (Fsp3) is 0.500. The van der Waals surface area contributed by atoms with Gasteiger partial charge in [-0.3, -0.25) is 4.79 Å². The van der Waals surface area contributed by atoms with E-state index in [1.165, 1.54) is 33.9 Å². The molecule has 0 atom stereocenters. The molecule has 2 amide bonds. The number of carbonyl (C=O) groups is 2. The van der Waals surface area contributed by atoms with Gasteiger partial charge >= 0.3 is 6.09 Å². The van der Waals surface area contributed by atoms with Gasteiger partial charge in [-0.2, -0.15) is 4.58 Å². The van der Waals surface area contributed by atoms with Crippen LogP contribution in [0.25, 0.3) is 0 Å². The van der Waals surface area contributed by atoms with E-state index in [1.807, 2.05) is 20.8 Å². The number of hydrogen-bond donors (Lipinski definition) is 2. The molecule has 0 radical (unpaired) electrons. The molecule has 2 aromatic rings. The van der Waals surface area contributed by atoms with Crippen LogP contribution >= 0.6 is 0 Å². The molecule has 0 aliphatic carbocycles. The van der Waals surface area contributed by atoms with Crippen LogP contribution in [-0.2, 0) is 20.4 Å². The van der Waals surface area contributed by atoms with Crippen LogP contribution < -0.4 is 27.9 Å². The van der Waals surface area contributed by atoms with Crippen molar-refractivity contribution in [1.29, 1.82) is 0 Å². The number of carbonyl (C=O) groups excluding carboxylic acids is 2. The largest absolute Gasteiger partial charge is 1.00 e. The van der Waals surface area contributed by atoms with Crippen molar-refractivity contribution >= 4 is 29.1 Å². The van der Waals surface area contributed by atoms with Crippen LogP contribution in [0.15, 0.2) is 72.5 Å². The number of fused-ring (bicyclic) bond motifs is 2. The molecule has 0 aromatic heterocycles. The molecule has 0 spiro atoms. The van der Waals surface area contributed by atoms with Crippen molar-refractivity contribution in [1.82, 2.24) is 10.6 Å². The number of para-hydroxylation sites is 2. The lowest BCUT2D eigenvalue weighted by Crippen LogP contribution is -3.00. The first kappa shape index (κ1) is 36.9. The highest BCUT2D eigenvalue weighted by molar-refractivity contribution is 6.03. The Labute approximate surface area is 282 Å². The van der Waals surface area contributed by atoms with Crippen molar-refractivity contribution < 1.29 is 31.3 Å². The highest BCUT2D eigenvalue weighted by Gasteiger charge is 2.43. The minimum atomic E-state index is -0.516. The van der Waals surface area contributed by atoms with Crippen LogP contribution in [0.2, 0.25) is 0 Å². The minimum absolute atomic E-state index is 0. The van der Waals surface area contributed by atoms with E-state index in [0.29, 0.717) is 25.9 Å². The van der Waals surface area contributed by atoms with Gasteiger partial charge in [-0.1, -0.05) is 62.7 Å². The number of halogens is 1. The van der Waals surface area contributed by atoms with Gasteiger partial charge in [-0.15, -0.1) is 0 Å². The van der Waals surface area contributed by atoms with E-state index in [-0.39, 0.29) is 29.1 Å². The molecule has 250 valence electrons. The molecule has 0 saturated carbocycles. The second-order valence-corrected chi connectivity index (χ2v) is 14.2. The van der Waals surface area contributed by atoms with Gasteiger partial charge in [0, 0.05) is 60.6 Å². The molecule has 2 heterocycles. The van der Waals surface area contributed by atoms with E-state index in [2.05, 4.69) is 122 Å². The Kier molecular flexibility index (Phi) is 12.3. The fourth-order valence-electron chi connectivity index (χ4n) is 6.56. The van der Waals surface area contributed by atoms with E-state index in [1.54, 1.807) is 0 Å². The van der Waals surface area contributed by atoms with Gasteiger partial charge in [0.15, 0.2) is 5.71 Å². The van der Waals surface area contributed by atoms with E-state index in [0.717, 1.165) is 25.8 Å². The molecule has 8 heteroatoms. The maximum Gasteiger partial charge on any atom is 0.407 e. The molecule has 4 rings (SSSR count). The summed E-state index contributed by atoms with van der Waals surface area (Å²) in [6, 6.07) is 17.4. The summed E-state index contributed by atoms with van der Waals surface area (Å²) in [6.07, 6.45) is 10.4. The number of allylic oxidation sites excluding steroid dienone is 4. The third-order valence-electron chi connectivity index (χ3n) is 8.88. The van der Waals surface area contributed by atoms with Crippen LogP contribution in [0.1, 0.15) is 91.7 Å². The highest BCUT2D eigenvalue weighted by atomic mass is 35.5. The van der Waals surface area contributed by atoms with E-state index >= 15 is 0 Å². The number of benzene rings is 2. The third kappa shape index (κ3) is 8.61. The number of nitrogens with one attached hydrogen (secondary N) is 2. The lowest BCUT2D eigenvalue weighted by Gasteiger charge is -2.27. The summed E-state index contributed by atoms with van der Waals surface area (Å²) < 4.78 is 7.54. The van der Waals surface area contributed by atoms with Gasteiger partial charge < -0.3 is 32.7 Å². The lowest BCUT2D eigenvalue weighted by molar-refractivity contribution is -0.401. The van der Waals surface area contributed by atoms with Crippen LogP contribution in [-0.4, -0.2) is 54.6 Å². The number of anilines is 1. The van der Waals surface area contributed by atoms with Gasteiger partial charge in [0.05, 0.1) is 5.41 Å². The summed E-state index contributed by atoms with van der Waals surface area (Å²) in [5, 5.41) is 5.69. The topological polar surface area (TPSA) is 73.7 Å². The number of ether oxygens (including phenoxy) is 1. The van der Waals surface area contributed by atoms with Crippen LogP contribution in [0.3, 0.4) is 0 Å². The Morgan fingerprint density at radius 2 is 1.52 bits per heavy atom. The summed E-state index contributed by atoms with van der Waals surface area (Å²) in [7, 11) is 2.16. The summed E-state index contributed by atoms with van der Waals surface area (Å²) in [6.45, 7) is 16.6. The van der Waals surface area contributed by atoms with E-state index < -0.39 is 11.7 Å². The van der Waals surface area contributed by atoms with Crippen LogP contribution in [0, 0.1) is 0 Å². The average molecular weight is 649 g/mol. The summed E-state index contributed by atoms with van der Waals surface area (Å²) in [5.41, 5.74) is 7.17. The van der Waals surface area contributed by atoms with E-state index in [9.17, 15) is 9.59 Å². The molecule has 2 aromatic carbocycles. The molecule has 2 N–H and O–H groups in total. The predicted molar refractivity (Wildman–Crippen MR) is 185 cm³/mol. The van der Waals surface area contributed by atoms with Crippen molar-refractivity contribution in [3.8, 4) is 0 Å². The zero-order chi connectivity index (χ0) is 32.8. The van der Waals surface area contributed by atoms with Gasteiger partial charge in [0.25, 0.3) is 0 Å². The normalized spacial score (nSPS) is 17.1. The zero-order valence-electron chi connectivity index (χ0n) is 29.0. The number of alkyl carbamates (subject to hydrolysis) is 1. The van der Waals surface area contributed by atoms with Crippen LogP contribution in [0.4, 0.5) is 16.2 Å². The van der Waals surface area contributed by atoms with Crippen molar-refractivity contribution in [3.63, 3.8) is 0 Å². The average Bonchev–Trinajstić information content (AvgIpc) is 3.30. The summed E-state index contributed by atoms with van der Waals surface area (Å²) >= 11 is 0. The molecule has 2 aliphatic rings. The van der Waals surface area contributed by atoms with Crippen LogP contribution in [0.5, 0.6) is 0 Å². The molecule has 0 unspecified atom stereocenters. The van der Waals surface area contributed by atoms with Gasteiger partial charge in [-0.25, -0.2) is 4.79 Å². The number of nitrogens with zero attached hydrogens (tertiary/aromatic N) is 2. The maximum absolute atomic E-state index is 12.4. The Balaban J connectivity index is 0.00000576. The van der Waals surface area contributed by atoms with E-state index in [4.69, 9.17) is 4.74 Å². The standard InChI is InChI=1S/C38H52N4O3.ClH/c1-36(2,3)45-35(44)40-26-17-25-39-34(43)24-10-9-15-27-42-31-21-14-12-19-29(31)38(6,7)33(42)23-16-22-32-37(4,5)28-18-11-13-20-30(28)41(32)8;/h11-14,16,18-23H,9-10,15,17,24-27H2,1-8H3,(H-,39,40,43,44);1H. The number of hydrogen-bond acceptors (Lipinski definition) is 4. The second kappa shape index (κ2) is 15.3. The molecular weight excluding hydrogens is 596 g/mol. The quantitative estimate of drug-likeness (QED) is 0.262. The first-order valence-corrected chi connectivity index (χ1v) is 16.4. The van der Waals surface area contributed by atoms with Crippen molar-refractivity contribution in [2.75, 3.05) is 31.6 Å². The van der Waals surface area contributed by atoms with Crippen molar-refractivity contribution in [2.45, 2.75) is 97.0 Å². The molecule has 0 saturated heterocycles. The Morgan fingerprint density at radius 1 is 0.870 bits per heavy atom. The molecule has 2 aliphatic heterocycles. The smallest absolute Gasteiger partial charge is 0.407 e. The lowest BCUT2D eigenvalue weighted by atomic mass is 9.81. The van der Waals surface area contributed by atoms with Crippen molar-refractivity contribution in [3.05, 3.63) is 83.6 Å². The summed E-state index contributed by atoms with van der Waals surface area (Å²) in [4.78, 5) is 26.6. The Bertz CT molecular complexity index is 1480. The highest BCUT2D eigenvalue weighted by Crippen LogP contribution is 2.47. The zero-order valence-corrected chi connectivity index (χ0v) is 29.8. The van der Waals surface area contributed by atoms with Gasteiger partial charge in [-0.05, 0) is 71.6 Å². The fourth-order valence-corrected chi connectivity index (χ4v) is 6.56. The molecule has 7 nitrogen and oxygen atoms in total.